The quantitative estimate of drug-likeness (QED) is 0.0798. The van der Waals surface area contributed by atoms with Crippen LogP contribution in [0.15, 0.2) is 72.8 Å². The number of hydrogen-bond acceptors (Lipinski definition) is 10. The van der Waals surface area contributed by atoms with E-state index < -0.39 is 46.4 Å². The minimum atomic E-state index is -0.626. The molecule has 64 heavy (non-hydrogen) atoms. The highest BCUT2D eigenvalue weighted by Gasteiger charge is 2.28. The molecule has 0 aliphatic rings. The van der Waals surface area contributed by atoms with E-state index in [9.17, 15) is 19.2 Å². The molecule has 0 radical (unpaired) electrons. The fraction of sp³-hybridized carbons (Fsp3) is 0.577. The Labute approximate surface area is 383 Å². The third-order valence-electron chi connectivity index (χ3n) is 9.55. The molecule has 0 saturated heterocycles. The summed E-state index contributed by atoms with van der Waals surface area (Å²) in [7, 11) is 3.41. The lowest BCUT2D eigenvalue weighted by molar-refractivity contribution is -0.161. The Balaban J connectivity index is 1.62. The van der Waals surface area contributed by atoms with Gasteiger partial charge in [-0.3, -0.25) is 9.59 Å². The summed E-state index contributed by atoms with van der Waals surface area (Å²) in [5, 5.41) is 0. The first-order valence-corrected chi connectivity index (χ1v) is 22.5. The van der Waals surface area contributed by atoms with E-state index in [-0.39, 0.29) is 11.9 Å². The van der Waals surface area contributed by atoms with Gasteiger partial charge in [0, 0.05) is 33.3 Å². The number of benzene rings is 3. The van der Waals surface area contributed by atoms with E-state index in [1.165, 1.54) is 0 Å². The minimum Gasteiger partial charge on any atom is -0.489 e. The molecule has 0 saturated carbocycles. The highest BCUT2D eigenvalue weighted by molar-refractivity contribution is 5.74. The van der Waals surface area contributed by atoms with E-state index in [2.05, 4.69) is 0 Å². The molecule has 2 amide bonds. The summed E-state index contributed by atoms with van der Waals surface area (Å²) in [5.41, 5.74) is 1.45. The SMILES string of the molecule is CN(CCCC(Cc1cccc(COc2cccc(OCc3cccc(CC(CCCN(C)C(=O)OC(C)(C)C)C(=O)OC(C)(C)C)c3)c2)c1)C(=O)OC(C)(C)C)C(=O)OC(C)(C)C. The molecule has 0 fully saturated rings. The summed E-state index contributed by atoms with van der Waals surface area (Å²) in [4.78, 5) is 54.8. The van der Waals surface area contributed by atoms with Crippen molar-refractivity contribution >= 4 is 24.1 Å². The smallest absolute Gasteiger partial charge is 0.410 e. The molecule has 12 heteroatoms. The van der Waals surface area contributed by atoms with Crippen LogP contribution in [0, 0.1) is 11.8 Å². The van der Waals surface area contributed by atoms with Gasteiger partial charge in [-0.05, 0) is 156 Å². The van der Waals surface area contributed by atoms with Gasteiger partial charge in [-0.15, -0.1) is 0 Å². The van der Waals surface area contributed by atoms with Gasteiger partial charge < -0.3 is 38.2 Å². The van der Waals surface area contributed by atoms with E-state index in [1.807, 2.05) is 156 Å². The second-order valence-corrected chi connectivity index (χ2v) is 20.6. The highest BCUT2D eigenvalue weighted by atomic mass is 16.6. The zero-order chi connectivity index (χ0) is 47.9. The largest absolute Gasteiger partial charge is 0.489 e. The van der Waals surface area contributed by atoms with Gasteiger partial charge in [0.2, 0.25) is 0 Å². The van der Waals surface area contributed by atoms with Crippen molar-refractivity contribution in [2.24, 2.45) is 11.8 Å². The van der Waals surface area contributed by atoms with Gasteiger partial charge in [-0.1, -0.05) is 54.6 Å². The summed E-state index contributed by atoms with van der Waals surface area (Å²) in [6.45, 7) is 23.7. The first kappa shape index (κ1) is 53.1. The van der Waals surface area contributed by atoms with E-state index in [0.717, 1.165) is 22.3 Å². The normalized spacial score (nSPS) is 13.0. The topological polar surface area (TPSA) is 130 Å². The Bertz CT molecular complexity index is 1830. The molecule has 0 aliphatic carbocycles. The van der Waals surface area contributed by atoms with Crippen LogP contribution in [0.2, 0.25) is 0 Å². The van der Waals surface area contributed by atoms with Crippen LogP contribution < -0.4 is 9.47 Å². The maximum absolute atomic E-state index is 13.4. The predicted octanol–water partition coefficient (Wildman–Crippen LogP) is 11.1. The number of rotatable bonds is 20. The van der Waals surface area contributed by atoms with Crippen LogP contribution in [0.25, 0.3) is 0 Å². The van der Waals surface area contributed by atoms with Crippen LogP contribution in [-0.2, 0) is 54.6 Å². The Kier molecular flexibility index (Phi) is 19.6. The Morgan fingerprint density at radius 2 is 0.797 bits per heavy atom. The summed E-state index contributed by atoms with van der Waals surface area (Å²) in [6.07, 6.45) is 2.49. The van der Waals surface area contributed by atoms with Crippen LogP contribution in [0.1, 0.15) is 131 Å². The van der Waals surface area contributed by atoms with Crippen LogP contribution in [0.3, 0.4) is 0 Å². The average Bonchev–Trinajstić information content (AvgIpc) is 3.16. The number of hydrogen-bond donors (Lipinski definition) is 0. The van der Waals surface area contributed by atoms with Gasteiger partial charge in [0.25, 0.3) is 0 Å². The fourth-order valence-corrected chi connectivity index (χ4v) is 6.64. The van der Waals surface area contributed by atoms with Gasteiger partial charge in [-0.25, -0.2) is 9.59 Å². The van der Waals surface area contributed by atoms with Gasteiger partial charge in [-0.2, -0.15) is 0 Å². The Morgan fingerprint density at radius 3 is 1.14 bits per heavy atom. The number of esters is 2. The zero-order valence-electron chi connectivity index (χ0n) is 41.1. The second-order valence-electron chi connectivity index (χ2n) is 20.6. The molecule has 0 aromatic heterocycles. The summed E-state index contributed by atoms with van der Waals surface area (Å²) >= 11 is 0. The third kappa shape index (κ3) is 21.4. The Morgan fingerprint density at radius 1 is 0.469 bits per heavy atom. The van der Waals surface area contributed by atoms with E-state index >= 15 is 0 Å². The van der Waals surface area contributed by atoms with Crippen LogP contribution in [0.5, 0.6) is 11.5 Å². The number of carbonyl (C=O) groups is 4. The maximum atomic E-state index is 13.4. The van der Waals surface area contributed by atoms with Crippen molar-refractivity contribution < 1.29 is 47.6 Å². The monoisotopic (exact) mass is 889 g/mol. The average molecular weight is 889 g/mol. The molecule has 0 N–H and O–H groups in total. The highest BCUT2D eigenvalue weighted by Crippen LogP contribution is 2.26. The Hall–Kier alpha value is -5.26. The fourth-order valence-electron chi connectivity index (χ4n) is 6.64. The van der Waals surface area contributed by atoms with Crippen molar-refractivity contribution in [2.45, 2.75) is 157 Å². The first-order valence-electron chi connectivity index (χ1n) is 22.5. The van der Waals surface area contributed by atoms with Crippen molar-refractivity contribution in [3.63, 3.8) is 0 Å². The van der Waals surface area contributed by atoms with Crippen LogP contribution in [0.4, 0.5) is 9.59 Å². The molecule has 2 atom stereocenters. The van der Waals surface area contributed by atoms with E-state index in [0.29, 0.717) is 76.3 Å². The van der Waals surface area contributed by atoms with Crippen molar-refractivity contribution in [2.75, 3.05) is 27.2 Å². The van der Waals surface area contributed by atoms with Gasteiger partial charge in [0.15, 0.2) is 0 Å². The van der Waals surface area contributed by atoms with Gasteiger partial charge in [0.05, 0.1) is 11.8 Å². The van der Waals surface area contributed by atoms with Crippen molar-refractivity contribution in [1.29, 1.82) is 0 Å². The molecule has 0 spiro atoms. The molecule has 2 unspecified atom stereocenters. The van der Waals surface area contributed by atoms with E-state index in [4.69, 9.17) is 28.4 Å². The maximum Gasteiger partial charge on any atom is 0.410 e. The number of nitrogens with zero attached hydrogens (tertiary/aromatic N) is 2. The minimum absolute atomic E-state index is 0.264. The second kappa shape index (κ2) is 23.6. The molecule has 0 aliphatic heterocycles. The molecule has 3 rings (SSSR count). The summed E-state index contributed by atoms with van der Waals surface area (Å²) < 4.78 is 35.0. The lowest BCUT2D eigenvalue weighted by atomic mass is 9.93. The van der Waals surface area contributed by atoms with Gasteiger partial charge in [0.1, 0.15) is 47.1 Å². The lowest BCUT2D eigenvalue weighted by Crippen LogP contribution is -2.35. The van der Waals surface area contributed by atoms with E-state index in [1.54, 1.807) is 23.9 Å². The number of ether oxygens (including phenoxy) is 6. The molecule has 3 aromatic carbocycles. The third-order valence-corrected chi connectivity index (χ3v) is 9.55. The van der Waals surface area contributed by atoms with Crippen molar-refractivity contribution in [3.8, 4) is 11.5 Å². The lowest BCUT2D eigenvalue weighted by Gasteiger charge is -2.26. The summed E-state index contributed by atoms with van der Waals surface area (Å²) in [6, 6.07) is 23.5. The zero-order valence-corrected chi connectivity index (χ0v) is 41.1. The molecular weight excluding hydrogens is 813 g/mol. The molecule has 12 nitrogen and oxygen atoms in total. The standard InChI is InChI=1S/C52H76N2O10/c1-49(2,3)61-45(55)41(24-18-28-53(13)47(57)63-51(7,8)9)32-37-20-15-22-39(30-37)35-59-43-26-17-27-44(34-43)60-36-40-23-16-21-38(31-40)33-42(46(56)62-50(4,5)6)25-19-29-54(14)48(58)64-52(10,11)12/h15-17,20-23,26-27,30-31,34,41-42H,18-19,24-25,28-29,32-33,35-36H2,1-14H3. The summed E-state index contributed by atoms with van der Waals surface area (Å²) in [5.74, 6) is -0.0234. The molecule has 0 heterocycles. The molecule has 0 bridgehead atoms. The predicted molar refractivity (Wildman–Crippen MR) is 250 cm³/mol. The number of amides is 2. The van der Waals surface area contributed by atoms with Crippen molar-refractivity contribution in [3.05, 3.63) is 95.1 Å². The van der Waals surface area contributed by atoms with Gasteiger partial charge >= 0.3 is 24.1 Å². The first-order chi connectivity index (χ1) is 29.6. The number of carbonyl (C=O) groups excluding carboxylic acids is 4. The van der Waals surface area contributed by atoms with Crippen molar-refractivity contribution in [1.82, 2.24) is 9.80 Å². The molecular formula is C52H76N2O10. The molecule has 3 aromatic rings. The van der Waals surface area contributed by atoms with Crippen LogP contribution in [-0.4, -0.2) is 83.5 Å². The molecule has 354 valence electrons. The van der Waals surface area contributed by atoms with Crippen LogP contribution >= 0.6 is 0 Å².